The van der Waals surface area contributed by atoms with Gasteiger partial charge in [-0.3, -0.25) is 4.79 Å². The fourth-order valence-electron chi connectivity index (χ4n) is 3.69. The van der Waals surface area contributed by atoms with Crippen LogP contribution >= 0.6 is 12.4 Å². The predicted molar refractivity (Wildman–Crippen MR) is 97.1 cm³/mol. The quantitative estimate of drug-likeness (QED) is 0.749. The number of likely N-dealkylation sites (tertiary alicyclic amines) is 1. The SMILES string of the molecule is CCNCC1CCN(C(=O)C(C)OC2CCCCCC2)CC1.Cl. The first-order valence-electron chi connectivity index (χ1n) is 9.35. The second-order valence-electron chi connectivity index (χ2n) is 6.97. The minimum Gasteiger partial charge on any atom is -0.365 e. The highest BCUT2D eigenvalue weighted by atomic mass is 35.5. The Labute approximate surface area is 148 Å². The Morgan fingerprint density at radius 2 is 1.74 bits per heavy atom. The summed E-state index contributed by atoms with van der Waals surface area (Å²) in [5.74, 6) is 0.924. The maximum absolute atomic E-state index is 12.6. The highest BCUT2D eigenvalue weighted by Crippen LogP contribution is 2.22. The Bertz CT molecular complexity index is 325. The summed E-state index contributed by atoms with van der Waals surface area (Å²) in [6, 6.07) is 0. The number of carbonyl (C=O) groups excluding carboxylic acids is 1. The van der Waals surface area contributed by atoms with Crippen LogP contribution in [-0.2, 0) is 9.53 Å². The molecule has 2 aliphatic rings. The summed E-state index contributed by atoms with van der Waals surface area (Å²) in [6.45, 7) is 8.00. The summed E-state index contributed by atoms with van der Waals surface area (Å²) >= 11 is 0. The van der Waals surface area contributed by atoms with Gasteiger partial charge in [-0.2, -0.15) is 0 Å². The van der Waals surface area contributed by atoms with Gasteiger partial charge in [0.15, 0.2) is 0 Å². The molecule has 2 rings (SSSR count). The van der Waals surface area contributed by atoms with Crippen LogP contribution in [0.4, 0.5) is 0 Å². The van der Waals surface area contributed by atoms with Crippen molar-refractivity contribution in [3.63, 3.8) is 0 Å². The highest BCUT2D eigenvalue weighted by molar-refractivity contribution is 5.85. The van der Waals surface area contributed by atoms with Gasteiger partial charge in [0.1, 0.15) is 6.10 Å². The van der Waals surface area contributed by atoms with Crippen LogP contribution in [0.2, 0.25) is 0 Å². The van der Waals surface area contributed by atoms with Crippen molar-refractivity contribution in [2.24, 2.45) is 5.92 Å². The van der Waals surface area contributed by atoms with E-state index in [1.807, 2.05) is 11.8 Å². The van der Waals surface area contributed by atoms with Crippen LogP contribution in [0.25, 0.3) is 0 Å². The molecule has 0 radical (unpaired) electrons. The summed E-state index contributed by atoms with van der Waals surface area (Å²) < 4.78 is 6.07. The summed E-state index contributed by atoms with van der Waals surface area (Å²) in [5.41, 5.74) is 0. The zero-order chi connectivity index (χ0) is 15.8. The Morgan fingerprint density at radius 1 is 1.13 bits per heavy atom. The van der Waals surface area contributed by atoms with Gasteiger partial charge in [-0.15, -0.1) is 12.4 Å². The number of rotatable bonds is 6. The van der Waals surface area contributed by atoms with Crippen molar-refractivity contribution in [3.05, 3.63) is 0 Å². The molecule has 5 heteroatoms. The molecule has 1 aliphatic heterocycles. The van der Waals surface area contributed by atoms with Gasteiger partial charge >= 0.3 is 0 Å². The minimum absolute atomic E-state index is 0. The largest absolute Gasteiger partial charge is 0.365 e. The molecule has 1 heterocycles. The van der Waals surface area contributed by atoms with Crippen LogP contribution in [0, 0.1) is 5.92 Å². The Morgan fingerprint density at radius 3 is 2.30 bits per heavy atom. The Hall–Kier alpha value is -0.320. The van der Waals surface area contributed by atoms with Crippen molar-refractivity contribution in [2.75, 3.05) is 26.2 Å². The van der Waals surface area contributed by atoms with Gasteiger partial charge in [-0.25, -0.2) is 0 Å². The van der Waals surface area contributed by atoms with Gasteiger partial charge in [0.25, 0.3) is 5.91 Å². The number of hydrogen-bond acceptors (Lipinski definition) is 3. The zero-order valence-corrected chi connectivity index (χ0v) is 15.7. The molecule has 0 bridgehead atoms. The molecule has 1 aliphatic carbocycles. The van der Waals surface area contributed by atoms with Gasteiger partial charge < -0.3 is 15.0 Å². The van der Waals surface area contributed by atoms with Crippen LogP contribution in [0.5, 0.6) is 0 Å². The van der Waals surface area contributed by atoms with Gasteiger partial charge in [0.05, 0.1) is 6.10 Å². The maximum Gasteiger partial charge on any atom is 0.251 e. The molecular weight excluding hydrogens is 312 g/mol. The molecule has 4 nitrogen and oxygen atoms in total. The Balaban J connectivity index is 0.00000264. The zero-order valence-electron chi connectivity index (χ0n) is 14.9. The molecule has 1 saturated heterocycles. The molecule has 0 spiro atoms. The third-order valence-corrected chi connectivity index (χ3v) is 5.16. The van der Waals surface area contributed by atoms with E-state index in [1.165, 1.54) is 25.7 Å². The van der Waals surface area contributed by atoms with E-state index in [0.29, 0.717) is 6.10 Å². The molecular formula is C18H35ClN2O2. The first-order chi connectivity index (χ1) is 10.7. The number of nitrogens with one attached hydrogen (secondary N) is 1. The van der Waals surface area contributed by atoms with E-state index >= 15 is 0 Å². The lowest BCUT2D eigenvalue weighted by Crippen LogP contribution is -2.45. The number of amides is 1. The lowest BCUT2D eigenvalue weighted by Gasteiger charge is -2.34. The van der Waals surface area contributed by atoms with E-state index in [-0.39, 0.29) is 24.4 Å². The molecule has 0 aromatic heterocycles. The monoisotopic (exact) mass is 346 g/mol. The molecule has 0 aromatic carbocycles. The fraction of sp³-hybridized carbons (Fsp3) is 0.944. The van der Waals surface area contributed by atoms with Crippen LogP contribution in [-0.4, -0.2) is 49.2 Å². The minimum atomic E-state index is -0.270. The number of hydrogen-bond donors (Lipinski definition) is 1. The summed E-state index contributed by atoms with van der Waals surface area (Å²) in [5, 5.41) is 3.42. The van der Waals surface area contributed by atoms with Crippen molar-refractivity contribution < 1.29 is 9.53 Å². The number of piperidine rings is 1. The van der Waals surface area contributed by atoms with E-state index in [0.717, 1.165) is 57.8 Å². The first-order valence-corrected chi connectivity index (χ1v) is 9.35. The van der Waals surface area contributed by atoms with E-state index in [9.17, 15) is 4.79 Å². The summed E-state index contributed by atoms with van der Waals surface area (Å²) in [7, 11) is 0. The standard InChI is InChI=1S/C18H34N2O2.ClH/c1-3-19-14-16-10-12-20(13-11-16)18(21)15(2)22-17-8-6-4-5-7-9-17;/h15-17,19H,3-14H2,1-2H3;1H. The smallest absolute Gasteiger partial charge is 0.251 e. The van der Waals surface area contributed by atoms with Gasteiger partial charge in [-0.05, 0) is 51.6 Å². The maximum atomic E-state index is 12.6. The van der Waals surface area contributed by atoms with E-state index in [2.05, 4.69) is 12.2 Å². The van der Waals surface area contributed by atoms with Gasteiger partial charge in [0, 0.05) is 13.1 Å². The van der Waals surface area contributed by atoms with Crippen molar-refractivity contribution in [3.8, 4) is 0 Å². The Kier molecular flexibility index (Phi) is 10.2. The van der Waals surface area contributed by atoms with Gasteiger partial charge in [0.2, 0.25) is 0 Å². The third kappa shape index (κ3) is 6.98. The van der Waals surface area contributed by atoms with E-state index in [4.69, 9.17) is 4.74 Å². The van der Waals surface area contributed by atoms with Crippen LogP contribution in [0.15, 0.2) is 0 Å². The van der Waals surface area contributed by atoms with E-state index < -0.39 is 0 Å². The second-order valence-corrected chi connectivity index (χ2v) is 6.97. The molecule has 0 aromatic rings. The lowest BCUT2D eigenvalue weighted by molar-refractivity contribution is -0.148. The molecule has 23 heavy (non-hydrogen) atoms. The van der Waals surface area contributed by atoms with Crippen molar-refractivity contribution in [2.45, 2.75) is 77.4 Å². The van der Waals surface area contributed by atoms with Crippen LogP contribution in [0.3, 0.4) is 0 Å². The molecule has 2 fully saturated rings. The lowest BCUT2D eigenvalue weighted by atomic mass is 9.96. The molecule has 1 atom stereocenters. The number of nitrogens with zero attached hydrogens (tertiary/aromatic N) is 1. The summed E-state index contributed by atoms with van der Waals surface area (Å²) in [4.78, 5) is 14.6. The number of carbonyl (C=O) groups is 1. The average Bonchev–Trinajstić information content (AvgIpc) is 2.81. The third-order valence-electron chi connectivity index (χ3n) is 5.16. The first kappa shape index (κ1) is 20.7. The van der Waals surface area contributed by atoms with Crippen LogP contribution in [0.1, 0.15) is 65.2 Å². The van der Waals surface area contributed by atoms with Crippen molar-refractivity contribution in [1.82, 2.24) is 10.2 Å². The number of ether oxygens (including phenoxy) is 1. The second kappa shape index (κ2) is 11.3. The topological polar surface area (TPSA) is 41.6 Å². The molecule has 1 unspecified atom stereocenters. The predicted octanol–water partition coefficient (Wildman–Crippen LogP) is 3.38. The molecule has 1 N–H and O–H groups in total. The molecule has 1 amide bonds. The highest BCUT2D eigenvalue weighted by Gasteiger charge is 2.28. The van der Waals surface area contributed by atoms with Crippen LogP contribution < -0.4 is 5.32 Å². The molecule has 136 valence electrons. The summed E-state index contributed by atoms with van der Waals surface area (Å²) in [6.07, 6.45) is 9.67. The van der Waals surface area contributed by atoms with Crippen molar-refractivity contribution in [1.29, 1.82) is 0 Å². The van der Waals surface area contributed by atoms with Gasteiger partial charge in [-0.1, -0.05) is 32.6 Å². The normalized spacial score (nSPS) is 22.3. The van der Waals surface area contributed by atoms with Crippen molar-refractivity contribution >= 4 is 18.3 Å². The number of halogens is 1. The average molecular weight is 347 g/mol. The molecule has 1 saturated carbocycles. The fourth-order valence-corrected chi connectivity index (χ4v) is 3.69. The van der Waals surface area contributed by atoms with E-state index in [1.54, 1.807) is 0 Å².